The number of nitrogens with zero attached hydrogens (tertiary/aromatic N) is 2. The summed E-state index contributed by atoms with van der Waals surface area (Å²) in [6.45, 7) is 0. The van der Waals surface area contributed by atoms with E-state index in [9.17, 15) is 9.59 Å². The van der Waals surface area contributed by atoms with E-state index in [0.29, 0.717) is 15.7 Å². The lowest BCUT2D eigenvalue weighted by atomic mass is 10.2. The largest absolute Gasteiger partial charge is 0.348 e. The summed E-state index contributed by atoms with van der Waals surface area (Å²) in [5.74, 6) is 0.0144. The fourth-order valence-corrected chi connectivity index (χ4v) is 4.33. The third-order valence-corrected chi connectivity index (χ3v) is 5.78. The second-order valence-corrected chi connectivity index (χ2v) is 8.14. The van der Waals surface area contributed by atoms with Gasteiger partial charge in [0.1, 0.15) is 0 Å². The van der Waals surface area contributed by atoms with Crippen molar-refractivity contribution in [2.75, 3.05) is 25.2 Å². The Morgan fingerprint density at radius 3 is 2.77 bits per heavy atom. The van der Waals surface area contributed by atoms with Gasteiger partial charge in [0, 0.05) is 24.0 Å². The third-order valence-electron chi connectivity index (χ3n) is 3.55. The van der Waals surface area contributed by atoms with E-state index in [2.05, 4.69) is 10.3 Å². The van der Waals surface area contributed by atoms with Crippen molar-refractivity contribution in [2.24, 2.45) is 0 Å². The van der Waals surface area contributed by atoms with Crippen molar-refractivity contribution in [3.05, 3.63) is 53.1 Å². The van der Waals surface area contributed by atoms with Gasteiger partial charge in [-0.1, -0.05) is 35.1 Å². The van der Waals surface area contributed by atoms with Crippen LogP contribution >= 0.6 is 34.7 Å². The molecular weight excluding hydrogens is 390 g/mol. The molecule has 1 heterocycles. The number of anilines is 1. The Hall–Kier alpha value is -2.09. The zero-order valence-corrected chi connectivity index (χ0v) is 16.5. The van der Waals surface area contributed by atoms with Crippen LogP contribution in [0.2, 0.25) is 5.02 Å². The number of nitrogens with one attached hydrogen (secondary N) is 1. The number of hydrogen-bond donors (Lipinski definition) is 1. The smallest absolute Gasteiger partial charge is 0.258 e. The first-order chi connectivity index (χ1) is 12.4. The molecule has 0 aliphatic heterocycles. The number of thioether (sulfide) groups is 1. The molecule has 26 heavy (non-hydrogen) atoms. The molecule has 0 saturated heterocycles. The highest BCUT2D eigenvalue weighted by Gasteiger charge is 2.15. The molecule has 3 aromatic rings. The SMILES string of the molecule is CN(C)C(=O)CSc1ccccc1C(=O)Nc1nc2ccc(Cl)cc2s1. The molecule has 0 fully saturated rings. The lowest BCUT2D eigenvalue weighted by Gasteiger charge is -2.11. The third kappa shape index (κ3) is 4.35. The molecule has 1 N–H and O–H groups in total. The molecular formula is C18H16ClN3O2S2. The first-order valence-corrected chi connectivity index (χ1v) is 9.91. The molecule has 0 unspecified atom stereocenters. The van der Waals surface area contributed by atoms with Crippen molar-refractivity contribution in [1.82, 2.24) is 9.88 Å². The quantitative estimate of drug-likeness (QED) is 0.640. The molecule has 0 aliphatic carbocycles. The first-order valence-electron chi connectivity index (χ1n) is 7.73. The topological polar surface area (TPSA) is 62.3 Å². The van der Waals surface area contributed by atoms with Crippen molar-refractivity contribution in [1.29, 1.82) is 0 Å². The highest BCUT2D eigenvalue weighted by molar-refractivity contribution is 8.00. The van der Waals surface area contributed by atoms with Crippen LogP contribution in [0.4, 0.5) is 5.13 Å². The molecule has 0 bridgehead atoms. The van der Waals surface area contributed by atoms with Crippen molar-refractivity contribution in [3.8, 4) is 0 Å². The van der Waals surface area contributed by atoms with Crippen LogP contribution in [0, 0.1) is 0 Å². The Bertz CT molecular complexity index is 972. The van der Waals surface area contributed by atoms with E-state index in [0.717, 1.165) is 15.1 Å². The van der Waals surface area contributed by atoms with Crippen molar-refractivity contribution < 1.29 is 9.59 Å². The fourth-order valence-electron chi connectivity index (χ4n) is 2.17. The Labute approximate surface area is 164 Å². The van der Waals surface area contributed by atoms with E-state index >= 15 is 0 Å². The average molecular weight is 406 g/mol. The van der Waals surface area contributed by atoms with Gasteiger partial charge in [0.15, 0.2) is 5.13 Å². The van der Waals surface area contributed by atoms with Crippen molar-refractivity contribution in [3.63, 3.8) is 0 Å². The van der Waals surface area contributed by atoms with Crippen LogP contribution in [0.5, 0.6) is 0 Å². The van der Waals surface area contributed by atoms with Crippen molar-refractivity contribution in [2.45, 2.75) is 4.90 Å². The van der Waals surface area contributed by atoms with Gasteiger partial charge in [-0.25, -0.2) is 4.98 Å². The number of fused-ring (bicyclic) bond motifs is 1. The Balaban J connectivity index is 1.77. The predicted octanol–water partition coefficient (Wildman–Crippen LogP) is 4.38. The van der Waals surface area contributed by atoms with E-state index in [1.807, 2.05) is 24.3 Å². The molecule has 0 radical (unpaired) electrons. The Morgan fingerprint density at radius 2 is 2.00 bits per heavy atom. The summed E-state index contributed by atoms with van der Waals surface area (Å²) in [6, 6.07) is 12.6. The van der Waals surface area contributed by atoms with Gasteiger partial charge < -0.3 is 4.90 Å². The van der Waals surface area contributed by atoms with Crippen LogP contribution in [-0.2, 0) is 4.79 Å². The van der Waals surface area contributed by atoms with Gasteiger partial charge >= 0.3 is 0 Å². The van der Waals surface area contributed by atoms with E-state index in [1.54, 1.807) is 32.3 Å². The molecule has 0 saturated carbocycles. The number of thiazole rings is 1. The lowest BCUT2D eigenvalue weighted by Crippen LogP contribution is -2.23. The summed E-state index contributed by atoms with van der Waals surface area (Å²) >= 11 is 8.70. The number of aromatic nitrogens is 1. The summed E-state index contributed by atoms with van der Waals surface area (Å²) in [4.78, 5) is 31.2. The summed E-state index contributed by atoms with van der Waals surface area (Å²) in [5, 5.41) is 3.98. The molecule has 0 atom stereocenters. The van der Waals surface area contributed by atoms with Crippen molar-refractivity contribution >= 4 is 61.9 Å². The first kappa shape index (κ1) is 18.7. The highest BCUT2D eigenvalue weighted by Crippen LogP contribution is 2.29. The van der Waals surface area contributed by atoms with E-state index in [1.165, 1.54) is 28.0 Å². The van der Waals surface area contributed by atoms with Crippen LogP contribution < -0.4 is 5.32 Å². The minimum atomic E-state index is -0.254. The van der Waals surface area contributed by atoms with E-state index in [-0.39, 0.29) is 17.6 Å². The Kier molecular flexibility index (Phi) is 5.80. The molecule has 0 aliphatic rings. The van der Waals surface area contributed by atoms with Crippen LogP contribution in [0.25, 0.3) is 10.2 Å². The maximum absolute atomic E-state index is 12.7. The standard InChI is InChI=1S/C18H16ClN3O2S2/c1-22(2)16(23)10-25-14-6-4-3-5-12(14)17(24)21-18-20-13-8-7-11(19)9-15(13)26-18/h3-9H,10H2,1-2H3,(H,20,21,24). The van der Waals surface area contributed by atoms with Crippen LogP contribution in [-0.4, -0.2) is 41.5 Å². The normalized spacial score (nSPS) is 10.7. The van der Waals surface area contributed by atoms with Gasteiger partial charge in [0.05, 0.1) is 21.5 Å². The van der Waals surface area contributed by atoms with E-state index in [4.69, 9.17) is 11.6 Å². The van der Waals surface area contributed by atoms with Crippen LogP contribution in [0.3, 0.4) is 0 Å². The van der Waals surface area contributed by atoms with Crippen LogP contribution in [0.15, 0.2) is 47.4 Å². The Morgan fingerprint density at radius 1 is 1.23 bits per heavy atom. The number of amides is 2. The predicted molar refractivity (Wildman–Crippen MR) is 108 cm³/mol. The summed E-state index contributed by atoms with van der Waals surface area (Å²) in [5.41, 5.74) is 1.30. The number of halogens is 1. The molecule has 8 heteroatoms. The van der Waals surface area contributed by atoms with Gasteiger partial charge in [-0.05, 0) is 30.3 Å². The average Bonchev–Trinajstić information content (AvgIpc) is 3.00. The number of carbonyl (C=O) groups is 2. The number of rotatable bonds is 5. The fraction of sp³-hybridized carbons (Fsp3) is 0.167. The number of benzene rings is 2. The minimum absolute atomic E-state index is 0.00624. The van der Waals surface area contributed by atoms with Gasteiger partial charge in [0.25, 0.3) is 5.91 Å². The maximum atomic E-state index is 12.7. The zero-order valence-electron chi connectivity index (χ0n) is 14.2. The molecule has 1 aromatic heterocycles. The summed E-state index contributed by atoms with van der Waals surface area (Å²) in [7, 11) is 3.42. The molecule has 0 spiro atoms. The van der Waals surface area contributed by atoms with E-state index < -0.39 is 0 Å². The zero-order chi connectivity index (χ0) is 18.7. The molecule has 134 valence electrons. The second kappa shape index (κ2) is 8.07. The molecule has 5 nitrogen and oxygen atoms in total. The molecule has 3 rings (SSSR count). The number of hydrogen-bond acceptors (Lipinski definition) is 5. The summed E-state index contributed by atoms with van der Waals surface area (Å²) in [6.07, 6.45) is 0. The molecule has 2 aromatic carbocycles. The van der Waals surface area contributed by atoms with Gasteiger partial charge in [-0.15, -0.1) is 11.8 Å². The van der Waals surface area contributed by atoms with Gasteiger partial charge in [0.2, 0.25) is 5.91 Å². The molecule has 2 amide bonds. The van der Waals surface area contributed by atoms with Gasteiger partial charge in [-0.2, -0.15) is 0 Å². The summed E-state index contributed by atoms with van der Waals surface area (Å²) < 4.78 is 0.909. The monoisotopic (exact) mass is 405 g/mol. The van der Waals surface area contributed by atoms with Gasteiger partial charge in [-0.3, -0.25) is 14.9 Å². The lowest BCUT2D eigenvalue weighted by molar-refractivity contribution is -0.125. The number of carbonyl (C=O) groups excluding carboxylic acids is 2. The minimum Gasteiger partial charge on any atom is -0.348 e. The second-order valence-electron chi connectivity index (χ2n) is 5.66. The maximum Gasteiger partial charge on any atom is 0.258 e. The van der Waals surface area contributed by atoms with Crippen LogP contribution in [0.1, 0.15) is 10.4 Å². The highest BCUT2D eigenvalue weighted by atomic mass is 35.5.